The summed E-state index contributed by atoms with van der Waals surface area (Å²) in [6.45, 7) is 3.20. The Morgan fingerprint density at radius 2 is 1.91 bits per heavy atom. The van der Waals surface area contributed by atoms with Crippen molar-refractivity contribution in [1.29, 1.82) is 0 Å². The number of amides is 1. The van der Waals surface area contributed by atoms with Crippen LogP contribution in [0.4, 0.5) is 0 Å². The predicted octanol–water partition coefficient (Wildman–Crippen LogP) is -0.693. The maximum Gasteiger partial charge on any atom is 0.231 e. The van der Waals surface area contributed by atoms with Crippen LogP contribution in [-0.2, 0) is 4.79 Å². The molecule has 0 aromatic carbocycles. The minimum Gasteiger partial charge on any atom is -0.369 e. The topological polar surface area (TPSA) is 67.1 Å². The first kappa shape index (κ1) is 13.0. The zero-order chi connectivity index (χ0) is 9.11. The van der Waals surface area contributed by atoms with Crippen molar-refractivity contribution in [2.45, 2.75) is 13.3 Å². The normalized spacial score (nSPS) is 8.27. The second-order valence-electron chi connectivity index (χ2n) is 2.14. The Kier molecular flexibility index (Phi) is 14.3. The van der Waals surface area contributed by atoms with Crippen molar-refractivity contribution >= 4 is 5.91 Å². The van der Waals surface area contributed by atoms with Gasteiger partial charge in [0.2, 0.25) is 5.91 Å². The van der Waals surface area contributed by atoms with E-state index in [4.69, 9.17) is 5.73 Å². The van der Waals surface area contributed by atoms with Gasteiger partial charge in [0.25, 0.3) is 0 Å². The first-order valence-corrected chi connectivity index (χ1v) is 3.76. The lowest BCUT2D eigenvalue weighted by Gasteiger charge is -1.95. The summed E-state index contributed by atoms with van der Waals surface area (Å²) in [5, 5.41) is 5.61. The fraction of sp³-hybridized carbons (Fsp3) is 0.857. The summed E-state index contributed by atoms with van der Waals surface area (Å²) in [6, 6.07) is 0. The smallest absolute Gasteiger partial charge is 0.231 e. The lowest BCUT2D eigenvalue weighted by molar-refractivity contribution is -0.117. The molecule has 0 aromatic rings. The molecule has 0 unspecified atom stereocenters. The average molecular weight is 161 g/mol. The van der Waals surface area contributed by atoms with Gasteiger partial charge in [0, 0.05) is 0 Å². The van der Waals surface area contributed by atoms with Gasteiger partial charge in [-0.1, -0.05) is 6.92 Å². The molecule has 0 aromatic heterocycles. The number of hydrogen-bond donors (Lipinski definition) is 3. The molecule has 4 nitrogen and oxygen atoms in total. The van der Waals surface area contributed by atoms with E-state index in [1.807, 2.05) is 21.0 Å². The van der Waals surface area contributed by atoms with Gasteiger partial charge in [-0.25, -0.2) is 0 Å². The van der Waals surface area contributed by atoms with Crippen LogP contribution in [0.1, 0.15) is 13.3 Å². The molecule has 0 saturated heterocycles. The second kappa shape index (κ2) is 12.1. The van der Waals surface area contributed by atoms with E-state index in [1.165, 1.54) is 0 Å². The summed E-state index contributed by atoms with van der Waals surface area (Å²) in [4.78, 5) is 10.0. The third kappa shape index (κ3) is 26.6. The van der Waals surface area contributed by atoms with Crippen molar-refractivity contribution in [2.24, 2.45) is 5.73 Å². The van der Waals surface area contributed by atoms with Gasteiger partial charge in [0.1, 0.15) is 0 Å². The molecule has 0 heterocycles. The van der Waals surface area contributed by atoms with Crippen LogP contribution >= 0.6 is 0 Å². The number of hydrogen-bond acceptors (Lipinski definition) is 3. The van der Waals surface area contributed by atoms with Crippen molar-refractivity contribution in [3.63, 3.8) is 0 Å². The van der Waals surface area contributed by atoms with E-state index in [-0.39, 0.29) is 5.91 Å². The number of rotatable bonds is 4. The van der Waals surface area contributed by atoms with E-state index >= 15 is 0 Å². The highest BCUT2D eigenvalue weighted by molar-refractivity contribution is 5.75. The van der Waals surface area contributed by atoms with Crippen LogP contribution in [-0.4, -0.2) is 33.1 Å². The molecule has 0 spiro atoms. The molecule has 0 fully saturated rings. The van der Waals surface area contributed by atoms with Gasteiger partial charge in [0.05, 0.1) is 6.54 Å². The zero-order valence-corrected chi connectivity index (χ0v) is 7.61. The molecule has 0 saturated carbocycles. The van der Waals surface area contributed by atoms with E-state index in [2.05, 4.69) is 10.6 Å². The van der Waals surface area contributed by atoms with Gasteiger partial charge in [-0.15, -0.1) is 0 Å². The van der Waals surface area contributed by atoms with Crippen LogP contribution in [0.2, 0.25) is 0 Å². The highest BCUT2D eigenvalue weighted by atomic mass is 16.1. The third-order valence-electron chi connectivity index (χ3n) is 0.726. The first-order chi connectivity index (χ1) is 5.18. The highest BCUT2D eigenvalue weighted by Crippen LogP contribution is 1.66. The fourth-order valence-electron chi connectivity index (χ4n) is 0.388. The Bertz CT molecular complexity index is 85.8. The fourth-order valence-corrected chi connectivity index (χ4v) is 0.388. The van der Waals surface area contributed by atoms with Crippen LogP contribution < -0.4 is 16.4 Å². The van der Waals surface area contributed by atoms with Gasteiger partial charge in [0.15, 0.2) is 0 Å². The Morgan fingerprint density at radius 3 is 2.18 bits per heavy atom. The van der Waals surface area contributed by atoms with Crippen molar-refractivity contribution in [2.75, 3.05) is 27.2 Å². The maximum atomic E-state index is 10.0. The molecule has 1 amide bonds. The first-order valence-electron chi connectivity index (χ1n) is 3.76. The van der Waals surface area contributed by atoms with Gasteiger partial charge < -0.3 is 16.4 Å². The molecule has 4 N–H and O–H groups in total. The Balaban J connectivity index is 0. The lowest BCUT2D eigenvalue weighted by atomic mass is 10.5. The minimum atomic E-state index is -0.293. The lowest BCUT2D eigenvalue weighted by Crippen LogP contribution is -2.28. The SMILES string of the molecule is CCCNCC(N)=O.CNC. The Hall–Kier alpha value is -0.610. The van der Waals surface area contributed by atoms with E-state index in [9.17, 15) is 4.79 Å². The summed E-state index contributed by atoms with van der Waals surface area (Å²) < 4.78 is 0. The van der Waals surface area contributed by atoms with E-state index in [1.54, 1.807) is 0 Å². The molecule has 0 atom stereocenters. The van der Waals surface area contributed by atoms with Crippen LogP contribution in [0.25, 0.3) is 0 Å². The Labute approximate surface area is 68.5 Å². The molecule has 0 radical (unpaired) electrons. The molecule has 0 rings (SSSR count). The average Bonchev–Trinajstić information content (AvgIpc) is 1.89. The molecule has 0 bridgehead atoms. The molecule has 11 heavy (non-hydrogen) atoms. The molecule has 4 heteroatoms. The molecule has 0 aliphatic carbocycles. The van der Waals surface area contributed by atoms with Gasteiger partial charge in [-0.2, -0.15) is 0 Å². The van der Waals surface area contributed by atoms with E-state index < -0.39 is 0 Å². The molecule has 0 aliphatic rings. The summed E-state index contributed by atoms with van der Waals surface area (Å²) in [5.74, 6) is -0.293. The Morgan fingerprint density at radius 1 is 1.45 bits per heavy atom. The summed E-state index contributed by atoms with van der Waals surface area (Å²) >= 11 is 0. The summed E-state index contributed by atoms with van der Waals surface area (Å²) in [6.07, 6.45) is 1.03. The van der Waals surface area contributed by atoms with Gasteiger partial charge in [-0.05, 0) is 27.1 Å². The standard InChI is InChI=1S/C5H12N2O.C2H7N/c1-2-3-7-4-5(6)8;1-3-2/h7H,2-4H2,1H3,(H2,6,8);3H,1-2H3. The highest BCUT2D eigenvalue weighted by Gasteiger charge is 1.88. The molecular weight excluding hydrogens is 142 g/mol. The molecule has 68 valence electrons. The maximum absolute atomic E-state index is 10.0. The van der Waals surface area contributed by atoms with Crippen LogP contribution in [0, 0.1) is 0 Å². The largest absolute Gasteiger partial charge is 0.369 e. The van der Waals surface area contributed by atoms with Gasteiger partial charge in [-0.3, -0.25) is 4.79 Å². The molecular formula is C7H19N3O. The summed E-state index contributed by atoms with van der Waals surface area (Å²) in [5.41, 5.74) is 4.83. The van der Waals surface area contributed by atoms with E-state index in [0.29, 0.717) is 6.54 Å². The van der Waals surface area contributed by atoms with Crippen LogP contribution in [0.5, 0.6) is 0 Å². The number of carbonyl (C=O) groups is 1. The number of primary amides is 1. The monoisotopic (exact) mass is 161 g/mol. The number of nitrogens with one attached hydrogen (secondary N) is 2. The summed E-state index contributed by atoms with van der Waals surface area (Å²) in [7, 11) is 3.75. The van der Waals surface area contributed by atoms with Crippen LogP contribution in [0.3, 0.4) is 0 Å². The quantitative estimate of drug-likeness (QED) is 0.478. The third-order valence-corrected chi connectivity index (χ3v) is 0.726. The van der Waals surface area contributed by atoms with Crippen LogP contribution in [0.15, 0.2) is 0 Å². The number of carbonyl (C=O) groups excluding carboxylic acids is 1. The van der Waals surface area contributed by atoms with E-state index in [0.717, 1.165) is 13.0 Å². The van der Waals surface area contributed by atoms with Crippen molar-refractivity contribution in [3.8, 4) is 0 Å². The van der Waals surface area contributed by atoms with Gasteiger partial charge >= 0.3 is 0 Å². The van der Waals surface area contributed by atoms with Crippen molar-refractivity contribution in [1.82, 2.24) is 10.6 Å². The predicted molar refractivity (Wildman–Crippen MR) is 47.3 cm³/mol. The minimum absolute atomic E-state index is 0.293. The van der Waals surface area contributed by atoms with Crippen molar-refractivity contribution < 1.29 is 4.79 Å². The molecule has 0 aliphatic heterocycles. The zero-order valence-electron chi connectivity index (χ0n) is 7.61. The number of nitrogens with two attached hydrogens (primary N) is 1. The second-order valence-corrected chi connectivity index (χ2v) is 2.14. The van der Waals surface area contributed by atoms with Crippen molar-refractivity contribution in [3.05, 3.63) is 0 Å².